The molecule has 1 atom stereocenters. The van der Waals surface area contributed by atoms with Crippen molar-refractivity contribution in [3.8, 4) is 0 Å². The fourth-order valence-electron chi connectivity index (χ4n) is 2.28. The molecule has 21 heavy (non-hydrogen) atoms. The molecule has 6 heteroatoms. The lowest BCUT2D eigenvalue weighted by molar-refractivity contribution is 0.106. The molecule has 1 saturated heterocycles. The monoisotopic (exact) mass is 293 g/mol. The summed E-state index contributed by atoms with van der Waals surface area (Å²) in [5.74, 6) is 0. The van der Waals surface area contributed by atoms with Crippen molar-refractivity contribution in [2.45, 2.75) is 25.5 Å². The van der Waals surface area contributed by atoms with Gasteiger partial charge in [-0.3, -0.25) is 4.98 Å². The number of methoxy groups -OCH3 is 1. The molecule has 116 valence electrons. The van der Waals surface area contributed by atoms with Gasteiger partial charge in [-0.15, -0.1) is 0 Å². The average molecular weight is 293 g/mol. The standard InChI is InChI=1S/C15H23N3O3/c1-20-10-8-18(12-13-4-6-16-7-5-13)15(19)17-11-14-3-2-9-21-14/h4-7,14H,2-3,8-12H2,1H3,(H,17,19). The molecule has 0 radical (unpaired) electrons. The minimum atomic E-state index is -0.0839. The van der Waals surface area contributed by atoms with E-state index in [9.17, 15) is 4.79 Å². The largest absolute Gasteiger partial charge is 0.383 e. The van der Waals surface area contributed by atoms with Gasteiger partial charge in [-0.25, -0.2) is 4.79 Å². The summed E-state index contributed by atoms with van der Waals surface area (Å²) in [6.07, 6.45) is 5.70. The number of amides is 2. The fraction of sp³-hybridized carbons (Fsp3) is 0.600. The summed E-state index contributed by atoms with van der Waals surface area (Å²) in [5.41, 5.74) is 1.05. The molecule has 0 spiro atoms. The van der Waals surface area contributed by atoms with Crippen LogP contribution in [0.15, 0.2) is 24.5 Å². The molecule has 1 unspecified atom stereocenters. The number of urea groups is 1. The first-order valence-corrected chi connectivity index (χ1v) is 7.32. The zero-order valence-corrected chi connectivity index (χ0v) is 12.5. The number of aromatic nitrogens is 1. The van der Waals surface area contributed by atoms with Gasteiger partial charge in [0.15, 0.2) is 0 Å². The van der Waals surface area contributed by atoms with E-state index in [4.69, 9.17) is 9.47 Å². The van der Waals surface area contributed by atoms with Crippen molar-refractivity contribution in [3.63, 3.8) is 0 Å². The van der Waals surface area contributed by atoms with Crippen LogP contribution in [0.3, 0.4) is 0 Å². The smallest absolute Gasteiger partial charge is 0.317 e. The Morgan fingerprint density at radius 1 is 1.52 bits per heavy atom. The summed E-state index contributed by atoms with van der Waals surface area (Å²) in [4.78, 5) is 18.0. The summed E-state index contributed by atoms with van der Waals surface area (Å²) in [6.45, 7) is 2.97. The molecule has 0 saturated carbocycles. The first-order chi connectivity index (χ1) is 10.3. The fourth-order valence-corrected chi connectivity index (χ4v) is 2.28. The molecule has 2 amide bonds. The van der Waals surface area contributed by atoms with Gasteiger partial charge < -0.3 is 19.7 Å². The number of pyridine rings is 1. The highest BCUT2D eigenvalue weighted by atomic mass is 16.5. The van der Waals surface area contributed by atoms with Crippen LogP contribution in [0, 0.1) is 0 Å². The molecule has 0 aliphatic carbocycles. The van der Waals surface area contributed by atoms with Gasteiger partial charge in [0.2, 0.25) is 0 Å². The number of carbonyl (C=O) groups excluding carboxylic acids is 1. The third-order valence-corrected chi connectivity index (χ3v) is 3.48. The Hall–Kier alpha value is -1.66. The quantitative estimate of drug-likeness (QED) is 0.826. The van der Waals surface area contributed by atoms with Crippen molar-refractivity contribution in [1.82, 2.24) is 15.2 Å². The zero-order chi connectivity index (χ0) is 14.9. The van der Waals surface area contributed by atoms with Crippen molar-refractivity contribution in [2.75, 3.05) is 33.4 Å². The molecular weight excluding hydrogens is 270 g/mol. The van der Waals surface area contributed by atoms with Gasteiger partial charge in [-0.05, 0) is 30.5 Å². The van der Waals surface area contributed by atoms with E-state index in [2.05, 4.69) is 10.3 Å². The highest BCUT2D eigenvalue weighted by Gasteiger charge is 2.19. The molecule has 2 rings (SSSR count). The van der Waals surface area contributed by atoms with E-state index in [-0.39, 0.29) is 12.1 Å². The van der Waals surface area contributed by atoms with Crippen LogP contribution in [0.4, 0.5) is 4.79 Å². The molecule has 6 nitrogen and oxygen atoms in total. The lowest BCUT2D eigenvalue weighted by Crippen LogP contribution is -2.43. The number of hydrogen-bond donors (Lipinski definition) is 1. The molecule has 0 aromatic carbocycles. The molecule has 1 aromatic heterocycles. The molecule has 0 bridgehead atoms. The number of hydrogen-bond acceptors (Lipinski definition) is 4. The zero-order valence-electron chi connectivity index (χ0n) is 12.5. The van der Waals surface area contributed by atoms with E-state index in [0.29, 0.717) is 26.2 Å². The van der Waals surface area contributed by atoms with Crippen LogP contribution in [-0.4, -0.2) is 55.4 Å². The van der Waals surface area contributed by atoms with Crippen molar-refractivity contribution < 1.29 is 14.3 Å². The van der Waals surface area contributed by atoms with E-state index < -0.39 is 0 Å². The molecule has 1 aliphatic heterocycles. The van der Waals surface area contributed by atoms with Crippen molar-refractivity contribution in [3.05, 3.63) is 30.1 Å². The first-order valence-electron chi connectivity index (χ1n) is 7.32. The third-order valence-electron chi connectivity index (χ3n) is 3.48. The van der Waals surface area contributed by atoms with Gasteiger partial charge >= 0.3 is 6.03 Å². The molecule has 1 aromatic rings. The Balaban J connectivity index is 1.86. The van der Waals surface area contributed by atoms with Crippen LogP contribution in [-0.2, 0) is 16.0 Å². The van der Waals surface area contributed by atoms with Gasteiger partial charge in [-0.2, -0.15) is 0 Å². The second-order valence-electron chi connectivity index (χ2n) is 5.09. The second-order valence-corrected chi connectivity index (χ2v) is 5.09. The number of carbonyl (C=O) groups is 1. The van der Waals surface area contributed by atoms with E-state index in [1.807, 2.05) is 12.1 Å². The van der Waals surface area contributed by atoms with Crippen molar-refractivity contribution in [2.24, 2.45) is 0 Å². The summed E-state index contributed by atoms with van der Waals surface area (Å²) >= 11 is 0. The number of ether oxygens (including phenoxy) is 2. The lowest BCUT2D eigenvalue weighted by Gasteiger charge is -2.23. The van der Waals surface area contributed by atoms with Crippen LogP contribution >= 0.6 is 0 Å². The first kappa shape index (κ1) is 15.7. The third kappa shape index (κ3) is 5.32. The summed E-state index contributed by atoms with van der Waals surface area (Å²) in [5, 5.41) is 2.94. The number of rotatable bonds is 7. The van der Waals surface area contributed by atoms with Gasteiger partial charge in [-0.1, -0.05) is 0 Å². The van der Waals surface area contributed by atoms with Crippen molar-refractivity contribution >= 4 is 6.03 Å². The maximum Gasteiger partial charge on any atom is 0.317 e. The summed E-state index contributed by atoms with van der Waals surface area (Å²) in [6, 6.07) is 3.74. The summed E-state index contributed by atoms with van der Waals surface area (Å²) < 4.78 is 10.6. The van der Waals surface area contributed by atoms with E-state index >= 15 is 0 Å². The number of nitrogens with one attached hydrogen (secondary N) is 1. The molecule has 2 heterocycles. The highest BCUT2D eigenvalue weighted by Crippen LogP contribution is 2.11. The minimum absolute atomic E-state index is 0.0839. The van der Waals surface area contributed by atoms with Crippen LogP contribution in [0.1, 0.15) is 18.4 Å². The average Bonchev–Trinajstić information content (AvgIpc) is 3.03. The Labute approximate surface area is 125 Å². The number of nitrogens with zero attached hydrogens (tertiary/aromatic N) is 2. The van der Waals surface area contributed by atoms with Crippen LogP contribution in [0.5, 0.6) is 0 Å². The minimum Gasteiger partial charge on any atom is -0.383 e. The molecular formula is C15H23N3O3. The Morgan fingerprint density at radius 3 is 3.00 bits per heavy atom. The van der Waals surface area contributed by atoms with Gasteiger partial charge in [0, 0.05) is 45.7 Å². The van der Waals surface area contributed by atoms with E-state index in [1.54, 1.807) is 24.4 Å². The topological polar surface area (TPSA) is 63.7 Å². The second kappa shape index (κ2) is 8.59. The van der Waals surface area contributed by atoms with Gasteiger partial charge in [0.25, 0.3) is 0 Å². The van der Waals surface area contributed by atoms with Gasteiger partial charge in [0.05, 0.1) is 12.7 Å². The van der Waals surface area contributed by atoms with Crippen LogP contribution in [0.25, 0.3) is 0 Å². The maximum atomic E-state index is 12.3. The maximum absolute atomic E-state index is 12.3. The highest BCUT2D eigenvalue weighted by molar-refractivity contribution is 5.74. The molecule has 1 aliphatic rings. The predicted octanol–water partition coefficient (Wildman–Crippen LogP) is 1.42. The Kier molecular flexibility index (Phi) is 6.43. The predicted molar refractivity (Wildman–Crippen MR) is 78.9 cm³/mol. The van der Waals surface area contributed by atoms with Crippen LogP contribution < -0.4 is 5.32 Å². The Morgan fingerprint density at radius 2 is 2.33 bits per heavy atom. The Bertz CT molecular complexity index is 421. The lowest BCUT2D eigenvalue weighted by atomic mass is 10.2. The SMILES string of the molecule is COCCN(Cc1ccncc1)C(=O)NCC1CCCO1. The van der Waals surface area contributed by atoms with Crippen LogP contribution in [0.2, 0.25) is 0 Å². The molecule has 1 fully saturated rings. The summed E-state index contributed by atoms with van der Waals surface area (Å²) in [7, 11) is 1.63. The van der Waals surface area contributed by atoms with E-state index in [0.717, 1.165) is 25.0 Å². The van der Waals surface area contributed by atoms with Crippen molar-refractivity contribution in [1.29, 1.82) is 0 Å². The van der Waals surface area contributed by atoms with E-state index in [1.165, 1.54) is 0 Å². The molecule has 1 N–H and O–H groups in total. The normalized spacial score (nSPS) is 17.7. The van der Waals surface area contributed by atoms with Gasteiger partial charge in [0.1, 0.15) is 0 Å².